The molecule has 1 fully saturated rings. The molecule has 3 atom stereocenters. The number of aryl methyl sites for hydroxylation is 1. The lowest BCUT2D eigenvalue weighted by Gasteiger charge is -2.09. The third-order valence-electron chi connectivity index (χ3n) is 3.85. The van der Waals surface area contributed by atoms with Crippen molar-refractivity contribution in [2.75, 3.05) is 0 Å². The number of nitrogens with two attached hydrogens (primary N) is 1. The predicted octanol–water partition coefficient (Wildman–Crippen LogP) is 2.09. The maximum Gasteiger partial charge on any atom is 0.0522 e. The Morgan fingerprint density at radius 2 is 2.17 bits per heavy atom. The van der Waals surface area contributed by atoms with E-state index in [1.165, 1.54) is 17.5 Å². The molecule has 3 nitrogen and oxygen atoms in total. The van der Waals surface area contributed by atoms with Crippen LogP contribution in [0.1, 0.15) is 23.5 Å². The van der Waals surface area contributed by atoms with Gasteiger partial charge in [-0.1, -0.05) is 30.3 Å². The fourth-order valence-corrected chi connectivity index (χ4v) is 2.77. The molecule has 1 aliphatic carbocycles. The van der Waals surface area contributed by atoms with Crippen LogP contribution in [0.2, 0.25) is 0 Å². The van der Waals surface area contributed by atoms with Crippen molar-refractivity contribution in [2.45, 2.75) is 24.8 Å². The van der Waals surface area contributed by atoms with Gasteiger partial charge in [-0.05, 0) is 35.8 Å². The molecule has 3 unspecified atom stereocenters. The van der Waals surface area contributed by atoms with Crippen LogP contribution < -0.4 is 5.73 Å². The highest BCUT2D eigenvalue weighted by molar-refractivity contribution is 5.27. The lowest BCUT2D eigenvalue weighted by atomic mass is 10.0. The monoisotopic (exact) mass is 241 g/mol. The van der Waals surface area contributed by atoms with Gasteiger partial charge in [0, 0.05) is 19.3 Å². The van der Waals surface area contributed by atoms with E-state index in [9.17, 15) is 0 Å². The van der Waals surface area contributed by atoms with Gasteiger partial charge in [0.05, 0.1) is 6.20 Å². The van der Waals surface area contributed by atoms with Crippen LogP contribution in [0.5, 0.6) is 0 Å². The summed E-state index contributed by atoms with van der Waals surface area (Å²) in [5.41, 5.74) is 8.98. The van der Waals surface area contributed by atoms with Crippen LogP contribution in [0, 0.1) is 5.92 Å². The topological polar surface area (TPSA) is 43.8 Å². The molecule has 1 aromatic carbocycles. The Hall–Kier alpha value is -1.61. The third-order valence-corrected chi connectivity index (χ3v) is 3.85. The van der Waals surface area contributed by atoms with Crippen molar-refractivity contribution in [3.05, 3.63) is 53.9 Å². The molecule has 1 heterocycles. The molecule has 94 valence electrons. The van der Waals surface area contributed by atoms with Gasteiger partial charge < -0.3 is 5.73 Å². The molecule has 0 amide bonds. The Kier molecular flexibility index (Phi) is 2.92. The van der Waals surface area contributed by atoms with Crippen molar-refractivity contribution in [2.24, 2.45) is 18.7 Å². The van der Waals surface area contributed by atoms with Gasteiger partial charge in [0.15, 0.2) is 0 Å². The molecule has 1 aliphatic rings. The van der Waals surface area contributed by atoms with E-state index in [0.717, 1.165) is 6.42 Å². The van der Waals surface area contributed by atoms with Crippen LogP contribution >= 0.6 is 0 Å². The summed E-state index contributed by atoms with van der Waals surface area (Å²) in [7, 11) is 1.94. The fraction of sp³-hybridized carbons (Fsp3) is 0.400. The van der Waals surface area contributed by atoms with E-state index in [4.69, 9.17) is 5.73 Å². The summed E-state index contributed by atoms with van der Waals surface area (Å²) in [4.78, 5) is 0. The summed E-state index contributed by atoms with van der Waals surface area (Å²) < 4.78 is 1.84. The largest absolute Gasteiger partial charge is 0.327 e. The second-order valence-electron chi connectivity index (χ2n) is 5.31. The van der Waals surface area contributed by atoms with E-state index in [-0.39, 0.29) is 6.04 Å². The van der Waals surface area contributed by atoms with E-state index >= 15 is 0 Å². The molecule has 18 heavy (non-hydrogen) atoms. The number of rotatable bonds is 4. The maximum atomic E-state index is 6.31. The van der Waals surface area contributed by atoms with Gasteiger partial charge in [0.1, 0.15) is 0 Å². The Labute approximate surface area is 108 Å². The predicted molar refractivity (Wildman–Crippen MR) is 72.2 cm³/mol. The van der Waals surface area contributed by atoms with Crippen molar-refractivity contribution in [1.29, 1.82) is 0 Å². The van der Waals surface area contributed by atoms with Crippen molar-refractivity contribution in [1.82, 2.24) is 9.78 Å². The molecule has 2 N–H and O–H groups in total. The first-order valence-electron chi connectivity index (χ1n) is 6.52. The van der Waals surface area contributed by atoms with Gasteiger partial charge in [-0.15, -0.1) is 0 Å². The van der Waals surface area contributed by atoms with Crippen LogP contribution in [0.4, 0.5) is 0 Å². The molecule has 0 spiro atoms. The van der Waals surface area contributed by atoms with E-state index in [1.807, 2.05) is 17.9 Å². The van der Waals surface area contributed by atoms with Crippen LogP contribution in [0.15, 0.2) is 42.7 Å². The second kappa shape index (κ2) is 4.58. The first kappa shape index (κ1) is 11.5. The highest BCUT2D eigenvalue weighted by Gasteiger charge is 2.42. The molecular weight excluding hydrogens is 222 g/mol. The van der Waals surface area contributed by atoms with Crippen molar-refractivity contribution in [3.63, 3.8) is 0 Å². The molecule has 1 aromatic heterocycles. The average molecular weight is 241 g/mol. The summed E-state index contributed by atoms with van der Waals surface area (Å²) in [6.07, 6.45) is 6.13. The Balaban J connectivity index is 1.61. The molecule has 3 rings (SSSR count). The van der Waals surface area contributed by atoms with Crippen LogP contribution in [-0.4, -0.2) is 15.8 Å². The maximum absolute atomic E-state index is 6.31. The number of aromatic nitrogens is 2. The van der Waals surface area contributed by atoms with Crippen LogP contribution in [-0.2, 0) is 13.5 Å². The number of hydrogen-bond donors (Lipinski definition) is 1. The third kappa shape index (κ3) is 2.31. The zero-order valence-corrected chi connectivity index (χ0v) is 10.7. The molecular formula is C15H19N3. The van der Waals surface area contributed by atoms with Crippen LogP contribution in [0.25, 0.3) is 0 Å². The van der Waals surface area contributed by atoms with E-state index in [1.54, 1.807) is 0 Å². The van der Waals surface area contributed by atoms with Gasteiger partial charge >= 0.3 is 0 Å². The Morgan fingerprint density at radius 1 is 1.39 bits per heavy atom. The summed E-state index contributed by atoms with van der Waals surface area (Å²) in [5.74, 6) is 1.30. The molecule has 0 bridgehead atoms. The average Bonchev–Trinajstić information content (AvgIpc) is 3.09. The van der Waals surface area contributed by atoms with E-state index in [0.29, 0.717) is 11.8 Å². The first-order valence-corrected chi connectivity index (χ1v) is 6.52. The molecule has 3 heteroatoms. The lowest BCUT2D eigenvalue weighted by molar-refractivity contribution is 0.577. The second-order valence-corrected chi connectivity index (χ2v) is 5.31. The molecule has 1 saturated carbocycles. The highest BCUT2D eigenvalue weighted by atomic mass is 15.2. The quantitative estimate of drug-likeness (QED) is 0.890. The van der Waals surface area contributed by atoms with E-state index < -0.39 is 0 Å². The molecule has 2 aromatic rings. The number of nitrogens with zero attached hydrogens (tertiary/aromatic N) is 2. The highest BCUT2D eigenvalue weighted by Crippen LogP contribution is 2.49. The summed E-state index contributed by atoms with van der Waals surface area (Å²) >= 11 is 0. The van der Waals surface area contributed by atoms with Crippen molar-refractivity contribution < 1.29 is 0 Å². The zero-order valence-electron chi connectivity index (χ0n) is 10.7. The summed E-state index contributed by atoms with van der Waals surface area (Å²) in [6.45, 7) is 0. The number of hydrogen-bond acceptors (Lipinski definition) is 2. The van der Waals surface area contributed by atoms with Gasteiger partial charge in [0.25, 0.3) is 0 Å². The summed E-state index contributed by atoms with van der Waals surface area (Å²) in [5, 5.41) is 4.19. The standard InChI is InChI=1S/C15H19N3/c1-18-10-11(9-17-18)7-15(16)14-8-13(14)12-5-3-2-4-6-12/h2-6,9-10,13-15H,7-8,16H2,1H3. The lowest BCUT2D eigenvalue weighted by Crippen LogP contribution is -2.25. The minimum Gasteiger partial charge on any atom is -0.327 e. The van der Waals surface area contributed by atoms with Gasteiger partial charge in [-0.25, -0.2) is 0 Å². The first-order chi connectivity index (χ1) is 8.74. The van der Waals surface area contributed by atoms with Gasteiger partial charge in [-0.3, -0.25) is 4.68 Å². The van der Waals surface area contributed by atoms with Gasteiger partial charge in [-0.2, -0.15) is 5.10 Å². The fourth-order valence-electron chi connectivity index (χ4n) is 2.77. The normalized spacial score (nSPS) is 23.9. The summed E-state index contributed by atoms with van der Waals surface area (Å²) in [6, 6.07) is 11.0. The van der Waals surface area contributed by atoms with Crippen molar-refractivity contribution >= 4 is 0 Å². The zero-order chi connectivity index (χ0) is 12.5. The van der Waals surface area contributed by atoms with E-state index in [2.05, 4.69) is 41.6 Å². The molecule has 0 saturated heterocycles. The number of benzene rings is 1. The van der Waals surface area contributed by atoms with Gasteiger partial charge in [0.2, 0.25) is 0 Å². The van der Waals surface area contributed by atoms with Crippen LogP contribution in [0.3, 0.4) is 0 Å². The smallest absolute Gasteiger partial charge is 0.0522 e. The Bertz CT molecular complexity index is 518. The SMILES string of the molecule is Cn1cc(CC(N)C2CC2c2ccccc2)cn1. The molecule has 0 radical (unpaired) electrons. The minimum atomic E-state index is 0.249. The minimum absolute atomic E-state index is 0.249. The van der Waals surface area contributed by atoms with Crippen molar-refractivity contribution in [3.8, 4) is 0 Å². The Morgan fingerprint density at radius 3 is 2.83 bits per heavy atom. The molecule has 0 aliphatic heterocycles.